The third-order valence-corrected chi connectivity index (χ3v) is 3.88. The Bertz CT molecular complexity index is 335. The van der Waals surface area contributed by atoms with Gasteiger partial charge in [-0.3, -0.25) is 0 Å². The first-order chi connectivity index (χ1) is 6.79. The van der Waals surface area contributed by atoms with Gasteiger partial charge in [0.1, 0.15) is 0 Å². The molecule has 3 heteroatoms. The zero-order chi connectivity index (χ0) is 10.4. The Morgan fingerprint density at radius 2 is 2.43 bits per heavy atom. The minimum atomic E-state index is 0.363. The van der Waals surface area contributed by atoms with Crippen LogP contribution in [-0.4, -0.2) is 6.54 Å². The van der Waals surface area contributed by atoms with Gasteiger partial charge in [-0.1, -0.05) is 6.92 Å². The molecule has 1 aromatic rings. The summed E-state index contributed by atoms with van der Waals surface area (Å²) in [5.41, 5.74) is 0. The lowest BCUT2D eigenvalue weighted by Crippen LogP contribution is -2.19. The van der Waals surface area contributed by atoms with Crippen molar-refractivity contribution in [2.45, 2.75) is 26.3 Å². The van der Waals surface area contributed by atoms with Crippen molar-refractivity contribution in [1.29, 1.82) is 0 Å². The minimum absolute atomic E-state index is 0.363. The summed E-state index contributed by atoms with van der Waals surface area (Å²) in [4.78, 5) is 1.34. The van der Waals surface area contributed by atoms with E-state index in [1.54, 1.807) is 11.3 Å². The van der Waals surface area contributed by atoms with E-state index >= 15 is 0 Å². The maximum Gasteiger partial charge on any atom is 0.0537 e. The van der Waals surface area contributed by atoms with E-state index in [1.165, 1.54) is 9.35 Å². The first-order valence-electron chi connectivity index (χ1n) is 4.65. The van der Waals surface area contributed by atoms with Gasteiger partial charge in [-0.15, -0.1) is 23.2 Å². The van der Waals surface area contributed by atoms with Crippen LogP contribution in [0.5, 0.6) is 0 Å². The molecule has 0 aliphatic rings. The van der Waals surface area contributed by atoms with Crippen LogP contribution < -0.4 is 5.32 Å². The summed E-state index contributed by atoms with van der Waals surface area (Å²) in [6.45, 7) is 4.97. The van der Waals surface area contributed by atoms with Crippen molar-refractivity contribution in [3.8, 4) is 11.8 Å². The maximum absolute atomic E-state index is 3.55. The van der Waals surface area contributed by atoms with Crippen LogP contribution in [0.4, 0.5) is 0 Å². The van der Waals surface area contributed by atoms with Crippen molar-refractivity contribution in [1.82, 2.24) is 5.32 Å². The molecule has 1 rings (SSSR count). The van der Waals surface area contributed by atoms with E-state index in [4.69, 9.17) is 0 Å². The highest BCUT2D eigenvalue weighted by molar-refractivity contribution is 9.10. The number of hydrogen-bond acceptors (Lipinski definition) is 2. The van der Waals surface area contributed by atoms with Crippen molar-refractivity contribution >= 4 is 27.3 Å². The van der Waals surface area contributed by atoms with Gasteiger partial charge in [-0.2, -0.15) is 0 Å². The predicted octanol–water partition coefficient (Wildman–Crippen LogP) is 3.57. The van der Waals surface area contributed by atoms with Gasteiger partial charge >= 0.3 is 0 Å². The Kier molecular flexibility index (Phi) is 5.24. The van der Waals surface area contributed by atoms with Gasteiger partial charge in [0, 0.05) is 15.8 Å². The molecule has 1 atom stereocenters. The third kappa shape index (κ3) is 3.13. The van der Waals surface area contributed by atoms with Crippen molar-refractivity contribution in [3.63, 3.8) is 0 Å². The zero-order valence-corrected chi connectivity index (χ0v) is 10.8. The highest BCUT2D eigenvalue weighted by Gasteiger charge is 2.13. The van der Waals surface area contributed by atoms with Crippen molar-refractivity contribution in [2.75, 3.05) is 6.54 Å². The molecular formula is C11H14BrNS. The van der Waals surface area contributed by atoms with Crippen LogP contribution in [0.3, 0.4) is 0 Å². The molecule has 1 unspecified atom stereocenters. The number of halogens is 1. The van der Waals surface area contributed by atoms with Crippen molar-refractivity contribution in [2.24, 2.45) is 0 Å². The summed E-state index contributed by atoms with van der Waals surface area (Å²) in [5.74, 6) is 6.06. The first-order valence-corrected chi connectivity index (χ1v) is 6.32. The van der Waals surface area contributed by atoms with E-state index in [-0.39, 0.29) is 0 Å². The molecule has 1 nitrogen and oxygen atoms in total. The number of thiophene rings is 1. The molecule has 76 valence electrons. The first kappa shape index (κ1) is 11.8. The summed E-state index contributed by atoms with van der Waals surface area (Å²) < 4.78 is 1.19. The average Bonchev–Trinajstić information content (AvgIpc) is 2.59. The largest absolute Gasteiger partial charge is 0.309 e. The molecule has 0 fully saturated rings. The second-order valence-electron chi connectivity index (χ2n) is 2.87. The van der Waals surface area contributed by atoms with E-state index in [9.17, 15) is 0 Å². The zero-order valence-electron chi connectivity index (χ0n) is 8.43. The van der Waals surface area contributed by atoms with Gasteiger partial charge in [-0.25, -0.2) is 0 Å². The predicted molar refractivity (Wildman–Crippen MR) is 66.5 cm³/mol. The molecule has 0 aliphatic carbocycles. The standard InChI is InChI=1S/C11H14BrNS/c1-3-5-6-10(13-4-2)11-9(12)7-8-14-11/h7-8,10,13H,4,6H2,1-2H3. The van der Waals surface area contributed by atoms with Gasteiger partial charge in [0.2, 0.25) is 0 Å². The monoisotopic (exact) mass is 271 g/mol. The topological polar surface area (TPSA) is 12.0 Å². The average molecular weight is 272 g/mol. The third-order valence-electron chi connectivity index (χ3n) is 1.89. The Labute approximate surface area is 98.0 Å². The van der Waals surface area contributed by atoms with E-state index < -0.39 is 0 Å². The summed E-state index contributed by atoms with van der Waals surface area (Å²) in [6, 6.07) is 2.45. The Balaban J connectivity index is 2.75. The quantitative estimate of drug-likeness (QED) is 0.826. The molecule has 0 spiro atoms. The molecule has 1 aromatic heterocycles. The van der Waals surface area contributed by atoms with Crippen LogP contribution in [0.1, 0.15) is 31.2 Å². The highest BCUT2D eigenvalue weighted by Crippen LogP contribution is 2.30. The van der Waals surface area contributed by atoms with Crippen molar-refractivity contribution in [3.05, 3.63) is 20.8 Å². The summed E-state index contributed by atoms with van der Waals surface area (Å²) in [6.07, 6.45) is 0.878. The van der Waals surface area contributed by atoms with E-state index in [0.717, 1.165) is 13.0 Å². The highest BCUT2D eigenvalue weighted by atomic mass is 79.9. The SMILES string of the molecule is CC#CCC(NCC)c1sccc1Br. The normalized spacial score (nSPS) is 11.9. The van der Waals surface area contributed by atoms with E-state index in [2.05, 4.69) is 51.5 Å². The fraction of sp³-hybridized carbons (Fsp3) is 0.455. The van der Waals surface area contributed by atoms with Gasteiger partial charge in [-0.05, 0) is 40.8 Å². The molecule has 0 bridgehead atoms. The summed E-state index contributed by atoms with van der Waals surface area (Å²) in [7, 11) is 0. The Hall–Kier alpha value is -0.300. The molecule has 0 aliphatic heterocycles. The van der Waals surface area contributed by atoms with E-state index in [0.29, 0.717) is 6.04 Å². The molecule has 0 radical (unpaired) electrons. The fourth-order valence-electron chi connectivity index (χ4n) is 1.26. The number of nitrogens with one attached hydrogen (secondary N) is 1. The van der Waals surface area contributed by atoms with Gasteiger partial charge in [0.15, 0.2) is 0 Å². The number of hydrogen-bond donors (Lipinski definition) is 1. The lowest BCUT2D eigenvalue weighted by Gasteiger charge is -2.13. The second kappa shape index (κ2) is 6.23. The van der Waals surface area contributed by atoms with Gasteiger partial charge < -0.3 is 5.32 Å². The Morgan fingerprint density at radius 3 is 2.93 bits per heavy atom. The van der Waals surface area contributed by atoms with Crippen LogP contribution in [0.15, 0.2) is 15.9 Å². The molecule has 0 saturated carbocycles. The van der Waals surface area contributed by atoms with Crippen LogP contribution >= 0.6 is 27.3 Å². The maximum atomic E-state index is 3.55. The van der Waals surface area contributed by atoms with Crippen molar-refractivity contribution < 1.29 is 0 Å². The fourth-order valence-corrected chi connectivity index (χ4v) is 2.99. The lowest BCUT2D eigenvalue weighted by atomic mass is 10.2. The molecule has 0 aromatic carbocycles. The summed E-state index contributed by atoms with van der Waals surface area (Å²) in [5, 5.41) is 5.54. The number of rotatable bonds is 4. The van der Waals surface area contributed by atoms with Crippen LogP contribution in [0, 0.1) is 11.8 Å². The van der Waals surface area contributed by atoms with E-state index in [1.807, 2.05) is 6.92 Å². The minimum Gasteiger partial charge on any atom is -0.309 e. The molecule has 1 heterocycles. The van der Waals surface area contributed by atoms with Crippen LogP contribution in [0.25, 0.3) is 0 Å². The van der Waals surface area contributed by atoms with Crippen LogP contribution in [-0.2, 0) is 0 Å². The van der Waals surface area contributed by atoms with Gasteiger partial charge in [0.05, 0.1) is 6.04 Å². The molecule has 14 heavy (non-hydrogen) atoms. The molecule has 0 amide bonds. The van der Waals surface area contributed by atoms with Gasteiger partial charge in [0.25, 0.3) is 0 Å². The lowest BCUT2D eigenvalue weighted by molar-refractivity contribution is 0.572. The molecule has 0 saturated heterocycles. The smallest absolute Gasteiger partial charge is 0.0537 e. The van der Waals surface area contributed by atoms with Crippen LogP contribution in [0.2, 0.25) is 0 Å². The summed E-state index contributed by atoms with van der Waals surface area (Å²) >= 11 is 5.32. The Morgan fingerprint density at radius 1 is 1.64 bits per heavy atom. The molecular weight excluding hydrogens is 258 g/mol. The second-order valence-corrected chi connectivity index (χ2v) is 4.68. The molecule has 1 N–H and O–H groups in total.